The molecule has 38 heavy (non-hydrogen) atoms. The van der Waals surface area contributed by atoms with Gasteiger partial charge in [0.1, 0.15) is 0 Å². The normalized spacial score (nSPS) is 10.9. The summed E-state index contributed by atoms with van der Waals surface area (Å²) in [7, 11) is 0. The Bertz CT molecular complexity index is 878. The third-order valence-electron chi connectivity index (χ3n) is 4.82. The summed E-state index contributed by atoms with van der Waals surface area (Å²) in [6.07, 6.45) is 0. The number of benzene rings is 2. The second-order valence-corrected chi connectivity index (χ2v) is 13.9. The van der Waals surface area contributed by atoms with Crippen molar-refractivity contribution >= 4 is 47.0 Å². The number of amides is 2. The Labute approximate surface area is 235 Å². The van der Waals surface area contributed by atoms with Gasteiger partial charge >= 0.3 is 225 Å². The van der Waals surface area contributed by atoms with Crippen molar-refractivity contribution in [3.05, 3.63) is 59.7 Å². The summed E-state index contributed by atoms with van der Waals surface area (Å²) >= 11 is 0.0293. The molecule has 0 aliphatic rings. The van der Waals surface area contributed by atoms with Crippen molar-refractivity contribution in [2.24, 2.45) is 11.5 Å². The number of hydrogen-bond acceptors (Lipinski definition) is 8. The second-order valence-electron chi connectivity index (χ2n) is 7.70. The predicted molar refractivity (Wildman–Crippen MR) is 150 cm³/mol. The number of nitrogens with one attached hydrogen (secondary N) is 2. The number of hydrogen-bond donors (Lipinski definition) is 4. The monoisotopic (exact) mass is 662 g/mol. The molecule has 2 rings (SSSR count). The van der Waals surface area contributed by atoms with E-state index in [1.807, 2.05) is 48.5 Å². The Hall–Kier alpha value is -1.82. The first kappa shape index (κ1) is 32.4. The van der Waals surface area contributed by atoms with E-state index >= 15 is 0 Å². The van der Waals surface area contributed by atoms with Gasteiger partial charge in [0.15, 0.2) is 0 Å². The first-order valence-corrected chi connectivity index (χ1v) is 18.5. The van der Waals surface area contributed by atoms with Crippen molar-refractivity contribution in [1.82, 2.24) is 10.6 Å². The van der Waals surface area contributed by atoms with Crippen molar-refractivity contribution in [3.8, 4) is 0 Å². The molecule has 0 aromatic heterocycles. The zero-order chi connectivity index (χ0) is 27.3. The SMILES string of the molecule is NCCOCCOCCNC(=O)c1ccccc1[Se][Se]c1ccccc1C(=O)NCCOCCOCCN. The van der Waals surface area contributed by atoms with Crippen molar-refractivity contribution < 1.29 is 28.5 Å². The Kier molecular flexibility index (Phi) is 17.9. The molecule has 0 radical (unpaired) electrons. The number of carbonyl (C=O) groups is 2. The van der Waals surface area contributed by atoms with E-state index in [2.05, 4.69) is 10.6 Å². The molecule has 0 saturated heterocycles. The van der Waals surface area contributed by atoms with Crippen LogP contribution >= 0.6 is 0 Å². The molecule has 10 nitrogen and oxygen atoms in total. The molecular formula is C26H38N4O6Se2. The average Bonchev–Trinajstić information content (AvgIpc) is 2.94. The van der Waals surface area contributed by atoms with Gasteiger partial charge in [-0.15, -0.1) is 0 Å². The molecule has 0 aliphatic carbocycles. The Balaban J connectivity index is 1.80. The van der Waals surface area contributed by atoms with Crippen LogP contribution in [0.2, 0.25) is 0 Å². The third-order valence-corrected chi connectivity index (χ3v) is 12.1. The van der Waals surface area contributed by atoms with E-state index in [-0.39, 0.29) is 38.1 Å². The molecule has 12 heteroatoms. The van der Waals surface area contributed by atoms with Crippen molar-refractivity contribution in [2.75, 3.05) is 79.0 Å². The van der Waals surface area contributed by atoms with Crippen LogP contribution in [0.3, 0.4) is 0 Å². The van der Waals surface area contributed by atoms with Crippen LogP contribution in [0.15, 0.2) is 48.5 Å². The predicted octanol–water partition coefficient (Wildman–Crippen LogP) is -1.60. The first-order chi connectivity index (χ1) is 18.7. The number of carbonyl (C=O) groups excluding carboxylic acids is 2. The molecule has 0 atom stereocenters. The Morgan fingerprint density at radius 2 is 0.947 bits per heavy atom. The third kappa shape index (κ3) is 13.3. The van der Waals surface area contributed by atoms with Crippen molar-refractivity contribution in [1.29, 1.82) is 0 Å². The molecule has 2 aromatic rings. The van der Waals surface area contributed by atoms with E-state index in [0.717, 1.165) is 8.92 Å². The summed E-state index contributed by atoms with van der Waals surface area (Å²) in [6.45, 7) is 5.52. The molecule has 0 fully saturated rings. The van der Waals surface area contributed by atoms with E-state index < -0.39 is 0 Å². The van der Waals surface area contributed by atoms with Gasteiger partial charge in [0.25, 0.3) is 0 Å². The fraction of sp³-hybridized carbons (Fsp3) is 0.462. The van der Waals surface area contributed by atoms with Gasteiger partial charge in [0.2, 0.25) is 0 Å². The number of nitrogens with two attached hydrogens (primary N) is 2. The molecule has 2 amide bonds. The van der Waals surface area contributed by atoms with E-state index in [9.17, 15) is 9.59 Å². The zero-order valence-electron chi connectivity index (χ0n) is 21.5. The molecular weight excluding hydrogens is 622 g/mol. The van der Waals surface area contributed by atoms with E-state index in [1.165, 1.54) is 0 Å². The number of ether oxygens (including phenoxy) is 4. The molecule has 0 unspecified atom stereocenters. The van der Waals surface area contributed by atoms with Gasteiger partial charge in [-0.05, 0) is 0 Å². The maximum atomic E-state index is 12.8. The minimum absolute atomic E-state index is 0.0147. The van der Waals surface area contributed by atoms with Crippen LogP contribution in [-0.4, -0.2) is 117 Å². The van der Waals surface area contributed by atoms with E-state index in [1.54, 1.807) is 0 Å². The molecule has 210 valence electrons. The van der Waals surface area contributed by atoms with E-state index in [4.69, 9.17) is 30.4 Å². The molecule has 0 bridgehead atoms. The molecule has 2 aromatic carbocycles. The minimum atomic E-state index is -0.124. The molecule has 0 spiro atoms. The minimum Gasteiger partial charge on any atom is -0.328 e. The van der Waals surface area contributed by atoms with Crippen LogP contribution < -0.4 is 31.0 Å². The topological polar surface area (TPSA) is 147 Å². The zero-order valence-corrected chi connectivity index (χ0v) is 25.0. The Morgan fingerprint density at radius 1 is 0.579 bits per heavy atom. The van der Waals surface area contributed by atoms with Gasteiger partial charge in [0.05, 0.1) is 0 Å². The maximum absolute atomic E-state index is 12.8. The van der Waals surface area contributed by atoms with Gasteiger partial charge in [-0.2, -0.15) is 0 Å². The van der Waals surface area contributed by atoms with Crippen LogP contribution in [0.5, 0.6) is 0 Å². The number of rotatable bonds is 21. The van der Waals surface area contributed by atoms with E-state index in [0.29, 0.717) is 90.2 Å². The average molecular weight is 661 g/mol. The van der Waals surface area contributed by atoms with Crippen LogP contribution in [0.4, 0.5) is 0 Å². The summed E-state index contributed by atoms with van der Waals surface area (Å²) in [6, 6.07) is 15.2. The van der Waals surface area contributed by atoms with Crippen LogP contribution in [0.1, 0.15) is 20.7 Å². The van der Waals surface area contributed by atoms with Gasteiger partial charge in [0, 0.05) is 0 Å². The van der Waals surface area contributed by atoms with Gasteiger partial charge in [-0.25, -0.2) is 0 Å². The van der Waals surface area contributed by atoms with Crippen molar-refractivity contribution in [3.63, 3.8) is 0 Å². The summed E-state index contributed by atoms with van der Waals surface area (Å²) in [4.78, 5) is 25.6. The molecule has 0 heterocycles. The molecule has 6 N–H and O–H groups in total. The quantitative estimate of drug-likeness (QED) is 0.0926. The van der Waals surface area contributed by atoms with Crippen LogP contribution in [0, 0.1) is 0 Å². The van der Waals surface area contributed by atoms with Gasteiger partial charge in [-0.3, -0.25) is 0 Å². The first-order valence-electron chi connectivity index (χ1n) is 12.5. The van der Waals surface area contributed by atoms with Crippen LogP contribution in [-0.2, 0) is 18.9 Å². The smallest absolute Gasteiger partial charge is 0.328 e. The standard InChI is InChI=1S/C26H38N4O6Se2/c27-9-13-33-17-19-35-15-11-29-25(31)21-5-1-3-7-23(21)37-38-24-8-4-2-6-22(24)26(32)30-12-16-36-20-18-34-14-10-28/h1-8H,9-20,27-28H2,(H,29,31)(H,30,32). The Morgan fingerprint density at radius 3 is 1.34 bits per heavy atom. The van der Waals surface area contributed by atoms with Crippen molar-refractivity contribution in [2.45, 2.75) is 0 Å². The summed E-state index contributed by atoms with van der Waals surface area (Å²) in [5, 5.41) is 5.84. The van der Waals surface area contributed by atoms with Crippen LogP contribution in [0.25, 0.3) is 0 Å². The molecule has 0 aliphatic heterocycles. The second kappa shape index (κ2) is 21.1. The summed E-state index contributed by atoms with van der Waals surface area (Å²) in [5.74, 6) is -0.249. The summed E-state index contributed by atoms with van der Waals surface area (Å²) < 4.78 is 23.5. The van der Waals surface area contributed by atoms with Gasteiger partial charge < -0.3 is 11.5 Å². The molecule has 0 saturated carbocycles. The van der Waals surface area contributed by atoms with Gasteiger partial charge in [-0.1, -0.05) is 0 Å². The fourth-order valence-electron chi connectivity index (χ4n) is 3.02. The summed E-state index contributed by atoms with van der Waals surface area (Å²) in [5.41, 5.74) is 12.1. The fourth-order valence-corrected chi connectivity index (χ4v) is 10.1.